The van der Waals surface area contributed by atoms with Gasteiger partial charge in [0.1, 0.15) is 0 Å². The fraction of sp³-hybridized carbons (Fsp3) is 0.625. The number of nitrogens with one attached hydrogen (secondary N) is 1. The fourth-order valence-electron chi connectivity index (χ4n) is 2.34. The molecule has 1 aromatic carbocycles. The Bertz CT molecular complexity index is 395. The summed E-state index contributed by atoms with van der Waals surface area (Å²) >= 11 is 0. The van der Waals surface area contributed by atoms with Crippen LogP contribution in [0.25, 0.3) is 0 Å². The highest BCUT2D eigenvalue weighted by Crippen LogP contribution is 2.23. The lowest BCUT2D eigenvalue weighted by Crippen LogP contribution is -2.33. The zero-order valence-corrected chi connectivity index (χ0v) is 12.6. The second-order valence-corrected chi connectivity index (χ2v) is 5.95. The van der Waals surface area contributed by atoms with Crippen LogP contribution in [0.3, 0.4) is 0 Å². The molecule has 1 aromatic rings. The SMILES string of the molecule is CC(C)Cc1ccc(C(C)NC(C)CC(F)(F)F)cc1. The number of halogens is 3. The van der Waals surface area contributed by atoms with Gasteiger partial charge >= 0.3 is 6.18 Å². The Hall–Kier alpha value is -1.03. The Labute approximate surface area is 119 Å². The first-order chi connectivity index (χ1) is 9.17. The minimum absolute atomic E-state index is 0.0829. The molecule has 0 bridgehead atoms. The van der Waals surface area contributed by atoms with Crippen LogP contribution in [-0.4, -0.2) is 12.2 Å². The molecule has 0 aliphatic carbocycles. The van der Waals surface area contributed by atoms with Gasteiger partial charge in [-0.05, 0) is 37.3 Å². The van der Waals surface area contributed by atoms with Crippen molar-refractivity contribution in [3.05, 3.63) is 35.4 Å². The normalized spacial score (nSPS) is 15.4. The first kappa shape index (κ1) is 17.0. The third-order valence-corrected chi connectivity index (χ3v) is 3.20. The van der Waals surface area contributed by atoms with Crippen molar-refractivity contribution in [1.82, 2.24) is 5.32 Å². The minimum atomic E-state index is -4.12. The van der Waals surface area contributed by atoms with E-state index in [1.807, 2.05) is 19.1 Å². The van der Waals surface area contributed by atoms with E-state index in [0.29, 0.717) is 5.92 Å². The summed E-state index contributed by atoms with van der Waals surface area (Å²) in [4.78, 5) is 0. The molecule has 1 nitrogen and oxygen atoms in total. The number of rotatable bonds is 6. The predicted molar refractivity (Wildman–Crippen MR) is 76.7 cm³/mol. The van der Waals surface area contributed by atoms with Gasteiger partial charge in [0, 0.05) is 12.1 Å². The highest BCUT2D eigenvalue weighted by Gasteiger charge is 2.30. The topological polar surface area (TPSA) is 12.0 Å². The average molecular weight is 287 g/mol. The molecule has 0 aliphatic heterocycles. The number of benzene rings is 1. The Morgan fingerprint density at radius 2 is 1.55 bits per heavy atom. The van der Waals surface area contributed by atoms with E-state index in [-0.39, 0.29) is 6.04 Å². The molecule has 0 radical (unpaired) electrons. The van der Waals surface area contributed by atoms with Crippen LogP contribution >= 0.6 is 0 Å². The second-order valence-electron chi connectivity index (χ2n) is 5.95. The van der Waals surface area contributed by atoms with Gasteiger partial charge in [0.25, 0.3) is 0 Å². The first-order valence-corrected chi connectivity index (χ1v) is 7.09. The van der Waals surface area contributed by atoms with Crippen molar-refractivity contribution >= 4 is 0 Å². The third-order valence-electron chi connectivity index (χ3n) is 3.20. The Morgan fingerprint density at radius 1 is 1.00 bits per heavy atom. The van der Waals surface area contributed by atoms with Gasteiger partial charge in [-0.1, -0.05) is 38.1 Å². The lowest BCUT2D eigenvalue weighted by molar-refractivity contribution is -0.139. The van der Waals surface area contributed by atoms with Gasteiger partial charge < -0.3 is 5.32 Å². The van der Waals surface area contributed by atoms with E-state index in [1.54, 1.807) is 6.92 Å². The molecule has 0 heterocycles. The molecule has 0 fully saturated rings. The van der Waals surface area contributed by atoms with Crippen LogP contribution in [0.4, 0.5) is 13.2 Å². The standard InChI is InChI=1S/C16H24F3N/c1-11(2)9-14-5-7-15(8-6-14)13(4)20-12(3)10-16(17,18)19/h5-8,11-13,20H,9-10H2,1-4H3. The van der Waals surface area contributed by atoms with Crippen LogP contribution in [0.15, 0.2) is 24.3 Å². The molecule has 1 N–H and O–H groups in total. The summed E-state index contributed by atoms with van der Waals surface area (Å²) in [7, 11) is 0. The number of hydrogen-bond acceptors (Lipinski definition) is 1. The fourth-order valence-corrected chi connectivity index (χ4v) is 2.34. The molecular weight excluding hydrogens is 263 g/mol. The van der Waals surface area contributed by atoms with Gasteiger partial charge in [-0.15, -0.1) is 0 Å². The van der Waals surface area contributed by atoms with E-state index < -0.39 is 18.6 Å². The van der Waals surface area contributed by atoms with Gasteiger partial charge in [0.05, 0.1) is 6.42 Å². The molecule has 0 aromatic heterocycles. The average Bonchev–Trinajstić information content (AvgIpc) is 2.26. The van der Waals surface area contributed by atoms with Crippen molar-refractivity contribution in [2.45, 2.75) is 58.8 Å². The smallest absolute Gasteiger partial charge is 0.307 e. The highest BCUT2D eigenvalue weighted by molar-refractivity contribution is 5.25. The Kier molecular flexibility index (Phi) is 6.06. The van der Waals surface area contributed by atoms with Gasteiger partial charge in [-0.2, -0.15) is 13.2 Å². The highest BCUT2D eigenvalue weighted by atomic mass is 19.4. The maximum absolute atomic E-state index is 12.3. The molecule has 2 unspecified atom stereocenters. The van der Waals surface area contributed by atoms with Crippen LogP contribution in [-0.2, 0) is 6.42 Å². The first-order valence-electron chi connectivity index (χ1n) is 7.09. The number of alkyl halides is 3. The lowest BCUT2D eigenvalue weighted by atomic mass is 9.99. The largest absolute Gasteiger partial charge is 0.390 e. The van der Waals surface area contributed by atoms with Crippen molar-refractivity contribution in [2.75, 3.05) is 0 Å². The molecule has 0 spiro atoms. The van der Waals surface area contributed by atoms with Gasteiger partial charge in [-0.25, -0.2) is 0 Å². The molecule has 2 atom stereocenters. The Balaban J connectivity index is 2.57. The maximum Gasteiger partial charge on any atom is 0.390 e. The van der Waals surface area contributed by atoms with Crippen LogP contribution in [0, 0.1) is 5.92 Å². The molecule has 0 saturated carbocycles. The van der Waals surface area contributed by atoms with Crippen molar-refractivity contribution in [1.29, 1.82) is 0 Å². The maximum atomic E-state index is 12.3. The Morgan fingerprint density at radius 3 is 2.00 bits per heavy atom. The molecule has 4 heteroatoms. The van der Waals surface area contributed by atoms with E-state index in [0.717, 1.165) is 12.0 Å². The van der Waals surface area contributed by atoms with E-state index >= 15 is 0 Å². The molecule has 114 valence electrons. The van der Waals surface area contributed by atoms with Crippen molar-refractivity contribution in [2.24, 2.45) is 5.92 Å². The van der Waals surface area contributed by atoms with Crippen molar-refractivity contribution in [3.8, 4) is 0 Å². The summed E-state index contributed by atoms with van der Waals surface area (Å²) in [6.45, 7) is 7.79. The molecule has 0 amide bonds. The predicted octanol–water partition coefficient (Wildman–Crippen LogP) is 4.88. The molecule has 0 saturated heterocycles. The van der Waals surface area contributed by atoms with E-state index in [4.69, 9.17) is 0 Å². The van der Waals surface area contributed by atoms with Crippen LogP contribution in [0.5, 0.6) is 0 Å². The lowest BCUT2D eigenvalue weighted by Gasteiger charge is -2.21. The number of hydrogen-bond donors (Lipinski definition) is 1. The van der Waals surface area contributed by atoms with Crippen LogP contribution in [0.1, 0.15) is 51.3 Å². The van der Waals surface area contributed by atoms with E-state index in [1.165, 1.54) is 5.56 Å². The molecular formula is C16H24F3N. The second kappa shape index (κ2) is 7.11. The zero-order valence-electron chi connectivity index (χ0n) is 12.6. The van der Waals surface area contributed by atoms with Crippen LogP contribution < -0.4 is 5.32 Å². The summed E-state index contributed by atoms with van der Waals surface area (Å²) in [6, 6.07) is 7.44. The van der Waals surface area contributed by atoms with Gasteiger partial charge in [0.2, 0.25) is 0 Å². The van der Waals surface area contributed by atoms with Gasteiger partial charge in [-0.3, -0.25) is 0 Å². The quantitative estimate of drug-likeness (QED) is 0.786. The summed E-state index contributed by atoms with van der Waals surface area (Å²) in [5.74, 6) is 0.600. The summed E-state index contributed by atoms with van der Waals surface area (Å²) < 4.78 is 36.9. The van der Waals surface area contributed by atoms with Crippen molar-refractivity contribution in [3.63, 3.8) is 0 Å². The monoisotopic (exact) mass is 287 g/mol. The zero-order chi connectivity index (χ0) is 15.3. The molecule has 1 rings (SSSR count). The summed E-state index contributed by atoms with van der Waals surface area (Å²) in [6.07, 6.45) is -3.90. The van der Waals surface area contributed by atoms with E-state index in [2.05, 4.69) is 31.3 Å². The summed E-state index contributed by atoms with van der Waals surface area (Å²) in [5, 5.41) is 2.99. The summed E-state index contributed by atoms with van der Waals surface area (Å²) in [5.41, 5.74) is 2.28. The van der Waals surface area contributed by atoms with E-state index in [9.17, 15) is 13.2 Å². The minimum Gasteiger partial charge on any atom is -0.307 e. The third kappa shape index (κ3) is 6.42. The van der Waals surface area contributed by atoms with Crippen LogP contribution in [0.2, 0.25) is 0 Å². The molecule has 20 heavy (non-hydrogen) atoms. The molecule has 0 aliphatic rings. The van der Waals surface area contributed by atoms with Crippen molar-refractivity contribution < 1.29 is 13.2 Å². The van der Waals surface area contributed by atoms with Gasteiger partial charge in [0.15, 0.2) is 0 Å².